The quantitative estimate of drug-likeness (QED) is 0.846. The van der Waals surface area contributed by atoms with Gasteiger partial charge in [0.15, 0.2) is 0 Å². The molecule has 1 aromatic heterocycles. The van der Waals surface area contributed by atoms with E-state index in [0.717, 1.165) is 12.8 Å². The number of fused-ring (bicyclic) bond motifs is 1. The molecule has 2 aromatic rings. The normalized spacial score (nSPS) is 12.9. The summed E-state index contributed by atoms with van der Waals surface area (Å²) in [6.45, 7) is 2.20. The first kappa shape index (κ1) is 11.1. The van der Waals surface area contributed by atoms with Crippen LogP contribution in [0.1, 0.15) is 19.0 Å². The van der Waals surface area contributed by atoms with Gasteiger partial charge in [-0.15, -0.1) is 0 Å². The number of nitrogens with zero attached hydrogens (tertiary/aromatic N) is 1. The molecule has 0 aliphatic heterocycles. The van der Waals surface area contributed by atoms with Gasteiger partial charge in [-0.1, -0.05) is 31.2 Å². The largest absolute Gasteiger partial charge is 0.317 e. The third-order valence-corrected chi connectivity index (χ3v) is 3.10. The van der Waals surface area contributed by atoms with E-state index in [2.05, 4.69) is 47.6 Å². The van der Waals surface area contributed by atoms with E-state index in [1.807, 2.05) is 13.2 Å². The molecule has 1 unspecified atom stereocenters. The van der Waals surface area contributed by atoms with Gasteiger partial charge >= 0.3 is 0 Å². The van der Waals surface area contributed by atoms with Crippen LogP contribution < -0.4 is 5.32 Å². The van der Waals surface area contributed by atoms with Gasteiger partial charge < -0.3 is 5.32 Å². The number of pyridine rings is 1. The van der Waals surface area contributed by atoms with E-state index >= 15 is 0 Å². The maximum atomic E-state index is 4.50. The lowest BCUT2D eigenvalue weighted by Gasteiger charge is -2.14. The van der Waals surface area contributed by atoms with Crippen LogP contribution in [0.2, 0.25) is 0 Å². The molecule has 0 saturated heterocycles. The van der Waals surface area contributed by atoms with Crippen LogP contribution in [-0.2, 0) is 6.42 Å². The average molecular weight is 214 g/mol. The molecule has 0 amide bonds. The van der Waals surface area contributed by atoms with Gasteiger partial charge in [0.25, 0.3) is 0 Å². The number of hydrogen-bond acceptors (Lipinski definition) is 2. The Morgan fingerprint density at radius 1 is 1.25 bits per heavy atom. The van der Waals surface area contributed by atoms with E-state index in [-0.39, 0.29) is 0 Å². The van der Waals surface area contributed by atoms with Gasteiger partial charge in [0.05, 0.1) is 0 Å². The molecule has 0 aliphatic rings. The van der Waals surface area contributed by atoms with E-state index in [9.17, 15) is 0 Å². The smallest absolute Gasteiger partial charge is 0.0497 e. The summed E-state index contributed by atoms with van der Waals surface area (Å²) in [4.78, 5) is 4.50. The number of likely N-dealkylation sites (N-methyl/N-ethyl adjacent to an activating group) is 1. The zero-order chi connectivity index (χ0) is 11.4. The molecular formula is C14H18N2. The third-order valence-electron chi connectivity index (χ3n) is 3.10. The molecule has 0 saturated carbocycles. The minimum atomic E-state index is 0.512. The number of benzene rings is 1. The summed E-state index contributed by atoms with van der Waals surface area (Å²) in [5.74, 6) is 0. The van der Waals surface area contributed by atoms with Crippen molar-refractivity contribution in [2.75, 3.05) is 7.05 Å². The predicted molar refractivity (Wildman–Crippen MR) is 68.6 cm³/mol. The summed E-state index contributed by atoms with van der Waals surface area (Å²) in [6, 6.07) is 11.0. The fourth-order valence-corrected chi connectivity index (χ4v) is 2.03. The molecule has 0 radical (unpaired) electrons. The van der Waals surface area contributed by atoms with Crippen molar-refractivity contribution in [3.63, 3.8) is 0 Å². The Morgan fingerprint density at radius 2 is 2.06 bits per heavy atom. The standard InChI is InChI=1S/C14H18N2/c1-3-12(15-2)10-14-13-7-5-4-6-11(13)8-9-16-14/h4-9,12,15H,3,10H2,1-2H3. The van der Waals surface area contributed by atoms with Crippen LogP contribution in [0.5, 0.6) is 0 Å². The summed E-state index contributed by atoms with van der Waals surface area (Å²) in [7, 11) is 2.01. The van der Waals surface area contributed by atoms with Crippen LogP contribution >= 0.6 is 0 Å². The highest BCUT2D eigenvalue weighted by molar-refractivity contribution is 5.84. The van der Waals surface area contributed by atoms with Crippen LogP contribution in [-0.4, -0.2) is 18.1 Å². The van der Waals surface area contributed by atoms with Crippen molar-refractivity contribution in [2.45, 2.75) is 25.8 Å². The lowest BCUT2D eigenvalue weighted by atomic mass is 10.0. The fraction of sp³-hybridized carbons (Fsp3) is 0.357. The molecule has 84 valence electrons. The molecule has 0 spiro atoms. The van der Waals surface area contributed by atoms with E-state index in [0.29, 0.717) is 6.04 Å². The highest BCUT2D eigenvalue weighted by Crippen LogP contribution is 2.17. The predicted octanol–water partition coefficient (Wildman–Crippen LogP) is 2.78. The monoisotopic (exact) mass is 214 g/mol. The molecule has 1 heterocycles. The first-order valence-electron chi connectivity index (χ1n) is 5.85. The van der Waals surface area contributed by atoms with Crippen LogP contribution in [0.4, 0.5) is 0 Å². The van der Waals surface area contributed by atoms with Gasteiger partial charge in [-0.25, -0.2) is 0 Å². The number of nitrogens with one attached hydrogen (secondary N) is 1. The van der Waals surface area contributed by atoms with E-state index in [4.69, 9.17) is 0 Å². The van der Waals surface area contributed by atoms with Gasteiger partial charge in [0, 0.05) is 29.7 Å². The molecule has 0 fully saturated rings. The van der Waals surface area contributed by atoms with E-state index in [1.54, 1.807) is 0 Å². The summed E-state index contributed by atoms with van der Waals surface area (Å²) in [5, 5.41) is 5.88. The zero-order valence-corrected chi connectivity index (χ0v) is 9.90. The Hall–Kier alpha value is -1.41. The molecule has 1 aromatic carbocycles. The van der Waals surface area contributed by atoms with Crippen molar-refractivity contribution in [1.29, 1.82) is 0 Å². The minimum absolute atomic E-state index is 0.512. The van der Waals surface area contributed by atoms with Crippen molar-refractivity contribution in [1.82, 2.24) is 10.3 Å². The second-order valence-electron chi connectivity index (χ2n) is 4.08. The molecule has 1 N–H and O–H groups in total. The molecule has 0 aliphatic carbocycles. The topological polar surface area (TPSA) is 24.9 Å². The fourth-order valence-electron chi connectivity index (χ4n) is 2.03. The summed E-state index contributed by atoms with van der Waals surface area (Å²) < 4.78 is 0. The third kappa shape index (κ3) is 2.22. The summed E-state index contributed by atoms with van der Waals surface area (Å²) >= 11 is 0. The Balaban J connectivity index is 2.36. The van der Waals surface area contributed by atoms with Gasteiger partial charge in [-0.05, 0) is 24.9 Å². The highest BCUT2D eigenvalue weighted by atomic mass is 14.9. The van der Waals surface area contributed by atoms with Crippen molar-refractivity contribution >= 4 is 10.8 Å². The van der Waals surface area contributed by atoms with Crippen LogP contribution in [0.25, 0.3) is 10.8 Å². The molecule has 2 rings (SSSR count). The van der Waals surface area contributed by atoms with E-state index < -0.39 is 0 Å². The Kier molecular flexibility index (Phi) is 3.52. The van der Waals surface area contributed by atoms with Gasteiger partial charge in [-0.2, -0.15) is 0 Å². The summed E-state index contributed by atoms with van der Waals surface area (Å²) in [5.41, 5.74) is 1.19. The highest BCUT2D eigenvalue weighted by Gasteiger charge is 2.08. The van der Waals surface area contributed by atoms with Crippen LogP contribution in [0, 0.1) is 0 Å². The number of rotatable bonds is 4. The minimum Gasteiger partial charge on any atom is -0.317 e. The second-order valence-corrected chi connectivity index (χ2v) is 4.08. The number of aromatic nitrogens is 1. The average Bonchev–Trinajstić information content (AvgIpc) is 2.36. The lowest BCUT2D eigenvalue weighted by molar-refractivity contribution is 0.539. The molecular weight excluding hydrogens is 196 g/mol. The maximum Gasteiger partial charge on any atom is 0.0497 e. The van der Waals surface area contributed by atoms with Gasteiger partial charge in [0.1, 0.15) is 0 Å². The molecule has 16 heavy (non-hydrogen) atoms. The van der Waals surface area contributed by atoms with Gasteiger partial charge in [-0.3, -0.25) is 4.98 Å². The second kappa shape index (κ2) is 5.08. The lowest BCUT2D eigenvalue weighted by Crippen LogP contribution is -2.26. The van der Waals surface area contributed by atoms with Crippen LogP contribution in [0.15, 0.2) is 36.5 Å². The Labute approximate surface area is 96.7 Å². The zero-order valence-electron chi connectivity index (χ0n) is 9.90. The molecule has 0 bridgehead atoms. The molecule has 2 heteroatoms. The first-order valence-corrected chi connectivity index (χ1v) is 5.85. The first-order chi connectivity index (χ1) is 7.85. The van der Waals surface area contributed by atoms with Crippen molar-refractivity contribution in [2.24, 2.45) is 0 Å². The van der Waals surface area contributed by atoms with E-state index in [1.165, 1.54) is 16.5 Å². The molecule has 1 atom stereocenters. The van der Waals surface area contributed by atoms with Crippen LogP contribution in [0.3, 0.4) is 0 Å². The van der Waals surface area contributed by atoms with Crippen molar-refractivity contribution in [3.05, 3.63) is 42.2 Å². The number of hydrogen-bond donors (Lipinski definition) is 1. The Morgan fingerprint density at radius 3 is 2.81 bits per heavy atom. The SMILES string of the molecule is CCC(Cc1nccc2ccccc12)NC. The van der Waals surface area contributed by atoms with Crippen molar-refractivity contribution in [3.8, 4) is 0 Å². The Bertz CT molecular complexity index is 456. The summed E-state index contributed by atoms with van der Waals surface area (Å²) in [6.07, 6.45) is 4.02. The van der Waals surface area contributed by atoms with Crippen molar-refractivity contribution < 1.29 is 0 Å². The van der Waals surface area contributed by atoms with Gasteiger partial charge in [0.2, 0.25) is 0 Å². The maximum absolute atomic E-state index is 4.50. The molecule has 2 nitrogen and oxygen atoms in total.